The molecule has 24 heavy (non-hydrogen) atoms. The molecule has 8 heteroatoms. The molecular formula is C16H24N6OS. The number of aryl methyl sites for hydroxylation is 1. The van der Waals surface area contributed by atoms with Crippen molar-refractivity contribution in [3.05, 3.63) is 23.3 Å². The van der Waals surface area contributed by atoms with Crippen molar-refractivity contribution < 1.29 is 4.79 Å². The number of carbonyl (C=O) groups is 1. The van der Waals surface area contributed by atoms with Gasteiger partial charge in [-0.15, -0.1) is 11.3 Å². The van der Waals surface area contributed by atoms with Crippen molar-refractivity contribution in [1.29, 1.82) is 0 Å². The zero-order chi connectivity index (χ0) is 17.1. The maximum absolute atomic E-state index is 12.3. The first kappa shape index (κ1) is 16.9. The molecule has 1 saturated heterocycles. The predicted molar refractivity (Wildman–Crippen MR) is 96.7 cm³/mol. The van der Waals surface area contributed by atoms with Gasteiger partial charge >= 0.3 is 0 Å². The fourth-order valence-electron chi connectivity index (χ4n) is 2.79. The van der Waals surface area contributed by atoms with E-state index in [-0.39, 0.29) is 11.9 Å². The van der Waals surface area contributed by atoms with Gasteiger partial charge in [-0.2, -0.15) is 5.10 Å². The molecule has 0 saturated carbocycles. The van der Waals surface area contributed by atoms with Crippen LogP contribution in [0.4, 0.5) is 10.9 Å². The van der Waals surface area contributed by atoms with E-state index in [0.717, 1.165) is 42.8 Å². The first-order valence-electron chi connectivity index (χ1n) is 8.25. The summed E-state index contributed by atoms with van der Waals surface area (Å²) < 4.78 is 1.82. The molecule has 0 spiro atoms. The molecule has 1 aliphatic rings. The summed E-state index contributed by atoms with van der Waals surface area (Å²) in [6.45, 7) is 10.1. The average molecular weight is 348 g/mol. The van der Waals surface area contributed by atoms with Gasteiger partial charge in [0.15, 0.2) is 5.13 Å². The topological polar surface area (TPSA) is 66.3 Å². The van der Waals surface area contributed by atoms with Crippen molar-refractivity contribution in [2.75, 3.05) is 42.9 Å². The molecule has 0 unspecified atom stereocenters. The van der Waals surface area contributed by atoms with Crippen LogP contribution >= 0.6 is 11.3 Å². The number of piperazine rings is 1. The summed E-state index contributed by atoms with van der Waals surface area (Å²) in [4.78, 5) is 21.3. The van der Waals surface area contributed by atoms with E-state index < -0.39 is 0 Å². The molecule has 1 amide bonds. The minimum absolute atomic E-state index is 0.0101. The molecule has 1 fully saturated rings. The summed E-state index contributed by atoms with van der Waals surface area (Å²) >= 11 is 1.69. The highest BCUT2D eigenvalue weighted by atomic mass is 32.1. The summed E-state index contributed by atoms with van der Waals surface area (Å²) in [5.74, 6) is 0.767. The summed E-state index contributed by atoms with van der Waals surface area (Å²) in [7, 11) is 0. The number of hydrogen-bond donors (Lipinski definition) is 1. The maximum atomic E-state index is 12.3. The van der Waals surface area contributed by atoms with Crippen molar-refractivity contribution in [3.8, 4) is 0 Å². The Morgan fingerprint density at radius 2 is 2.08 bits per heavy atom. The van der Waals surface area contributed by atoms with Gasteiger partial charge in [0, 0.05) is 43.7 Å². The second kappa shape index (κ2) is 7.31. The lowest BCUT2D eigenvalue weighted by Crippen LogP contribution is -2.48. The first-order chi connectivity index (χ1) is 11.5. The lowest BCUT2D eigenvalue weighted by atomic mass is 10.3. The van der Waals surface area contributed by atoms with Gasteiger partial charge in [0.1, 0.15) is 5.82 Å². The van der Waals surface area contributed by atoms with Gasteiger partial charge in [0.05, 0.1) is 18.4 Å². The van der Waals surface area contributed by atoms with Gasteiger partial charge in [-0.25, -0.2) is 9.67 Å². The molecule has 0 radical (unpaired) electrons. The van der Waals surface area contributed by atoms with Crippen LogP contribution in [0.5, 0.6) is 0 Å². The Morgan fingerprint density at radius 1 is 1.33 bits per heavy atom. The highest BCUT2D eigenvalue weighted by Gasteiger charge is 2.21. The van der Waals surface area contributed by atoms with Crippen LogP contribution in [-0.2, 0) is 4.79 Å². The number of anilines is 2. The van der Waals surface area contributed by atoms with E-state index >= 15 is 0 Å². The third-order valence-corrected chi connectivity index (χ3v) is 5.06. The Bertz CT molecular complexity index is 686. The Balaban J connectivity index is 1.49. The Labute approximate surface area is 146 Å². The van der Waals surface area contributed by atoms with Gasteiger partial charge in [-0.1, -0.05) is 0 Å². The molecule has 0 bridgehead atoms. The van der Waals surface area contributed by atoms with E-state index in [0.29, 0.717) is 6.54 Å². The van der Waals surface area contributed by atoms with Crippen LogP contribution in [0.1, 0.15) is 25.6 Å². The molecule has 0 aliphatic carbocycles. The van der Waals surface area contributed by atoms with Gasteiger partial charge in [0.25, 0.3) is 0 Å². The third-order valence-electron chi connectivity index (χ3n) is 4.04. The molecule has 130 valence electrons. The molecule has 0 aromatic carbocycles. The largest absolute Gasteiger partial charge is 0.346 e. The molecule has 3 rings (SSSR count). The number of nitrogens with zero attached hydrogens (tertiary/aromatic N) is 5. The van der Waals surface area contributed by atoms with Crippen LogP contribution in [0.15, 0.2) is 17.6 Å². The predicted octanol–water partition coefficient (Wildman–Crippen LogP) is 1.99. The minimum atomic E-state index is 0.0101. The number of rotatable bonds is 5. The monoisotopic (exact) mass is 348 g/mol. The van der Waals surface area contributed by atoms with Gasteiger partial charge < -0.3 is 10.2 Å². The zero-order valence-electron chi connectivity index (χ0n) is 14.4. The molecule has 3 heterocycles. The van der Waals surface area contributed by atoms with Crippen molar-refractivity contribution in [2.24, 2.45) is 0 Å². The fraction of sp³-hybridized carbons (Fsp3) is 0.562. The van der Waals surface area contributed by atoms with Crippen molar-refractivity contribution in [3.63, 3.8) is 0 Å². The lowest BCUT2D eigenvalue weighted by molar-refractivity contribution is -0.117. The molecule has 7 nitrogen and oxygen atoms in total. The number of amides is 1. The number of thiazole rings is 1. The van der Waals surface area contributed by atoms with Crippen LogP contribution in [0.3, 0.4) is 0 Å². The van der Waals surface area contributed by atoms with E-state index in [1.807, 2.05) is 31.5 Å². The second-order valence-electron chi connectivity index (χ2n) is 6.34. The van der Waals surface area contributed by atoms with Crippen molar-refractivity contribution in [2.45, 2.75) is 26.8 Å². The number of carbonyl (C=O) groups excluding carboxylic acids is 1. The Kier molecular flexibility index (Phi) is 5.15. The van der Waals surface area contributed by atoms with E-state index in [9.17, 15) is 4.79 Å². The number of nitrogens with one attached hydrogen (secondary N) is 1. The van der Waals surface area contributed by atoms with Gasteiger partial charge in [-0.3, -0.25) is 9.69 Å². The maximum Gasteiger partial charge on any atom is 0.239 e. The SMILES string of the molecule is Cc1csc(N2CCN(CC(=O)Nc3ccnn3C(C)C)CC2)n1. The van der Waals surface area contributed by atoms with Crippen molar-refractivity contribution >= 4 is 28.2 Å². The standard InChI is InChI=1S/C16H24N6OS/c1-12(2)22-14(4-5-17-22)19-15(23)10-20-6-8-21(9-7-20)16-18-13(3)11-24-16/h4-5,11-12H,6-10H2,1-3H3,(H,19,23). The summed E-state index contributed by atoms with van der Waals surface area (Å²) in [6, 6.07) is 2.06. The Hall–Kier alpha value is -1.93. The lowest BCUT2D eigenvalue weighted by Gasteiger charge is -2.34. The molecule has 1 N–H and O–H groups in total. The normalized spacial score (nSPS) is 15.9. The summed E-state index contributed by atoms with van der Waals surface area (Å²) in [5, 5.41) is 10.4. The van der Waals surface area contributed by atoms with E-state index in [1.54, 1.807) is 17.5 Å². The fourth-order valence-corrected chi connectivity index (χ4v) is 3.65. The van der Waals surface area contributed by atoms with E-state index in [2.05, 4.69) is 30.6 Å². The molecule has 0 atom stereocenters. The molecule has 1 aliphatic heterocycles. The molecule has 2 aromatic rings. The summed E-state index contributed by atoms with van der Waals surface area (Å²) in [5.41, 5.74) is 1.07. The molecule has 2 aromatic heterocycles. The summed E-state index contributed by atoms with van der Waals surface area (Å²) in [6.07, 6.45) is 1.71. The van der Waals surface area contributed by atoms with Crippen LogP contribution in [0.2, 0.25) is 0 Å². The highest BCUT2D eigenvalue weighted by molar-refractivity contribution is 7.13. The average Bonchev–Trinajstić information content (AvgIpc) is 3.17. The smallest absolute Gasteiger partial charge is 0.239 e. The van der Waals surface area contributed by atoms with Gasteiger partial charge in [-0.05, 0) is 20.8 Å². The number of aromatic nitrogens is 3. The van der Waals surface area contributed by atoms with Crippen LogP contribution in [0, 0.1) is 6.92 Å². The van der Waals surface area contributed by atoms with Gasteiger partial charge in [0.2, 0.25) is 5.91 Å². The Morgan fingerprint density at radius 3 is 2.71 bits per heavy atom. The zero-order valence-corrected chi connectivity index (χ0v) is 15.2. The highest BCUT2D eigenvalue weighted by Crippen LogP contribution is 2.21. The van der Waals surface area contributed by atoms with Crippen LogP contribution < -0.4 is 10.2 Å². The quantitative estimate of drug-likeness (QED) is 0.895. The van der Waals surface area contributed by atoms with E-state index in [1.165, 1.54) is 0 Å². The third kappa shape index (κ3) is 3.93. The van der Waals surface area contributed by atoms with E-state index in [4.69, 9.17) is 0 Å². The second-order valence-corrected chi connectivity index (χ2v) is 7.17. The van der Waals surface area contributed by atoms with Crippen LogP contribution in [-0.4, -0.2) is 58.3 Å². The molecular weight excluding hydrogens is 324 g/mol. The number of hydrogen-bond acceptors (Lipinski definition) is 6. The minimum Gasteiger partial charge on any atom is -0.346 e. The van der Waals surface area contributed by atoms with Crippen LogP contribution in [0.25, 0.3) is 0 Å². The first-order valence-corrected chi connectivity index (χ1v) is 9.13. The van der Waals surface area contributed by atoms with Crippen molar-refractivity contribution in [1.82, 2.24) is 19.7 Å².